The van der Waals surface area contributed by atoms with Gasteiger partial charge in [-0.1, -0.05) is 30.3 Å². The van der Waals surface area contributed by atoms with Crippen molar-refractivity contribution in [2.75, 3.05) is 0 Å². The van der Waals surface area contributed by atoms with Crippen molar-refractivity contribution in [1.82, 2.24) is 0 Å². The maximum absolute atomic E-state index is 10.7. The summed E-state index contributed by atoms with van der Waals surface area (Å²) in [5, 5.41) is 0. The predicted octanol–water partition coefficient (Wildman–Crippen LogP) is 0.748. The number of halogens is 3. The van der Waals surface area contributed by atoms with Crippen molar-refractivity contribution < 1.29 is 22.8 Å². The fourth-order valence-electron chi connectivity index (χ4n) is 0.797. The van der Waals surface area contributed by atoms with Gasteiger partial charge in [0.05, 0.1) is 6.42 Å². The molecule has 4 nitrogen and oxygen atoms in total. The van der Waals surface area contributed by atoms with Gasteiger partial charge in [-0.3, -0.25) is 9.59 Å². The molecule has 17 heavy (non-hydrogen) atoms. The average molecular weight is 248 g/mol. The standard InChI is InChI=1S/C8H9NO.C2H2F3NO/c9-8(10)6-7-4-2-1-3-5-7;3-2(4,5)1(6)7/h1-5H,6H2,(H2,9,10);(H2,6,7). The molecule has 7 heteroatoms. The summed E-state index contributed by atoms with van der Waals surface area (Å²) in [6.07, 6.45) is -4.53. The summed E-state index contributed by atoms with van der Waals surface area (Å²) in [6, 6.07) is 9.44. The lowest BCUT2D eigenvalue weighted by molar-refractivity contribution is -0.169. The SMILES string of the molecule is NC(=O)C(F)(F)F.NC(=O)Cc1ccccc1. The Kier molecular flexibility index (Phi) is 5.73. The molecule has 0 aromatic heterocycles. The van der Waals surface area contributed by atoms with Crippen molar-refractivity contribution in [2.24, 2.45) is 11.5 Å². The molecule has 0 saturated heterocycles. The average Bonchev–Trinajstić information content (AvgIpc) is 2.17. The van der Waals surface area contributed by atoms with Crippen LogP contribution < -0.4 is 11.5 Å². The second kappa shape index (κ2) is 6.51. The molecule has 0 aliphatic rings. The molecule has 0 radical (unpaired) electrons. The lowest BCUT2D eigenvalue weighted by Gasteiger charge is -1.95. The van der Waals surface area contributed by atoms with Crippen LogP contribution in [-0.4, -0.2) is 18.0 Å². The molecule has 2 amide bonds. The number of nitrogens with two attached hydrogens (primary N) is 2. The number of carbonyl (C=O) groups excluding carboxylic acids is 2. The topological polar surface area (TPSA) is 86.2 Å². The van der Waals surface area contributed by atoms with Gasteiger partial charge in [-0.25, -0.2) is 0 Å². The first-order valence-corrected chi connectivity index (χ1v) is 4.42. The summed E-state index contributed by atoms with van der Waals surface area (Å²) >= 11 is 0. The molecular weight excluding hydrogens is 237 g/mol. The number of benzene rings is 1. The highest BCUT2D eigenvalue weighted by Crippen LogP contribution is 2.11. The number of carbonyl (C=O) groups is 2. The molecular formula is C10H11F3N2O2. The first-order valence-electron chi connectivity index (χ1n) is 4.42. The van der Waals surface area contributed by atoms with Crippen LogP contribution in [0, 0.1) is 0 Å². The Labute approximate surface area is 95.4 Å². The normalized spacial score (nSPS) is 10.1. The molecule has 0 saturated carbocycles. The van der Waals surface area contributed by atoms with E-state index < -0.39 is 12.1 Å². The number of alkyl halides is 3. The van der Waals surface area contributed by atoms with Gasteiger partial charge in [0.15, 0.2) is 0 Å². The van der Waals surface area contributed by atoms with E-state index in [0.717, 1.165) is 5.56 Å². The first-order chi connectivity index (χ1) is 7.73. The highest BCUT2D eigenvalue weighted by molar-refractivity contribution is 5.79. The van der Waals surface area contributed by atoms with Crippen molar-refractivity contribution in [1.29, 1.82) is 0 Å². The van der Waals surface area contributed by atoms with Crippen LogP contribution in [0.4, 0.5) is 13.2 Å². The highest BCUT2D eigenvalue weighted by Gasteiger charge is 2.35. The highest BCUT2D eigenvalue weighted by atomic mass is 19.4. The van der Waals surface area contributed by atoms with Crippen LogP contribution in [0.2, 0.25) is 0 Å². The molecule has 0 atom stereocenters. The largest absolute Gasteiger partial charge is 0.470 e. The third-order valence-electron chi connectivity index (χ3n) is 1.50. The number of rotatable bonds is 2. The van der Waals surface area contributed by atoms with Gasteiger partial charge >= 0.3 is 12.1 Å². The number of hydrogen-bond donors (Lipinski definition) is 2. The fourth-order valence-corrected chi connectivity index (χ4v) is 0.797. The second-order valence-corrected chi connectivity index (χ2v) is 2.99. The van der Waals surface area contributed by atoms with Crippen molar-refractivity contribution in [3.8, 4) is 0 Å². The molecule has 0 heterocycles. The Balaban J connectivity index is 0.000000325. The van der Waals surface area contributed by atoms with Crippen LogP contribution in [-0.2, 0) is 16.0 Å². The Bertz CT molecular complexity index is 377. The molecule has 0 spiro atoms. The predicted molar refractivity (Wildman–Crippen MR) is 54.6 cm³/mol. The van der Waals surface area contributed by atoms with Gasteiger partial charge in [0.25, 0.3) is 0 Å². The quantitative estimate of drug-likeness (QED) is 0.809. The van der Waals surface area contributed by atoms with E-state index in [1.54, 1.807) is 0 Å². The summed E-state index contributed by atoms with van der Waals surface area (Å²) < 4.78 is 32.1. The fraction of sp³-hybridized carbons (Fsp3) is 0.200. The van der Waals surface area contributed by atoms with Gasteiger partial charge in [-0.2, -0.15) is 13.2 Å². The zero-order valence-electron chi connectivity index (χ0n) is 8.70. The van der Waals surface area contributed by atoms with Gasteiger partial charge in [0, 0.05) is 0 Å². The van der Waals surface area contributed by atoms with Crippen molar-refractivity contribution in [3.63, 3.8) is 0 Å². The van der Waals surface area contributed by atoms with E-state index in [-0.39, 0.29) is 5.91 Å². The summed E-state index contributed by atoms with van der Waals surface area (Å²) in [6.45, 7) is 0. The van der Waals surface area contributed by atoms with Crippen molar-refractivity contribution >= 4 is 11.8 Å². The monoisotopic (exact) mass is 248 g/mol. The summed E-state index contributed by atoms with van der Waals surface area (Å²) in [5.74, 6) is -2.54. The minimum Gasteiger partial charge on any atom is -0.369 e. The zero-order valence-corrected chi connectivity index (χ0v) is 8.70. The maximum atomic E-state index is 10.7. The Morgan fingerprint density at radius 1 is 1.06 bits per heavy atom. The second-order valence-electron chi connectivity index (χ2n) is 2.99. The summed E-state index contributed by atoms with van der Waals surface area (Å²) in [7, 11) is 0. The van der Waals surface area contributed by atoms with E-state index in [1.165, 1.54) is 0 Å². The van der Waals surface area contributed by atoms with Gasteiger partial charge in [0.1, 0.15) is 0 Å². The molecule has 0 fully saturated rings. The third kappa shape index (κ3) is 7.83. The molecule has 4 N–H and O–H groups in total. The molecule has 1 aromatic carbocycles. The number of hydrogen-bond acceptors (Lipinski definition) is 2. The van der Waals surface area contributed by atoms with E-state index in [9.17, 15) is 18.0 Å². The Hall–Kier alpha value is -2.05. The smallest absolute Gasteiger partial charge is 0.369 e. The minimum absolute atomic E-state index is 0.286. The van der Waals surface area contributed by atoms with E-state index in [4.69, 9.17) is 10.5 Å². The van der Waals surface area contributed by atoms with Crippen LogP contribution >= 0.6 is 0 Å². The van der Waals surface area contributed by atoms with Crippen LogP contribution in [0.1, 0.15) is 5.56 Å². The minimum atomic E-state index is -4.86. The molecule has 0 bridgehead atoms. The van der Waals surface area contributed by atoms with E-state index in [2.05, 4.69) is 5.73 Å². The lowest BCUT2D eigenvalue weighted by atomic mass is 10.1. The van der Waals surface area contributed by atoms with Gasteiger partial charge in [-0.05, 0) is 5.56 Å². The molecule has 0 aliphatic heterocycles. The van der Waals surface area contributed by atoms with Crippen LogP contribution in [0.25, 0.3) is 0 Å². The van der Waals surface area contributed by atoms with E-state index in [1.807, 2.05) is 30.3 Å². The Morgan fingerprint density at radius 3 is 1.76 bits per heavy atom. The van der Waals surface area contributed by atoms with Gasteiger partial charge in [0.2, 0.25) is 5.91 Å². The number of amides is 2. The molecule has 1 aromatic rings. The van der Waals surface area contributed by atoms with Crippen LogP contribution in [0.15, 0.2) is 30.3 Å². The van der Waals surface area contributed by atoms with Crippen LogP contribution in [0.5, 0.6) is 0 Å². The summed E-state index contributed by atoms with van der Waals surface area (Å²) in [5.41, 5.74) is 9.76. The maximum Gasteiger partial charge on any atom is 0.470 e. The van der Waals surface area contributed by atoms with Crippen molar-refractivity contribution in [2.45, 2.75) is 12.6 Å². The van der Waals surface area contributed by atoms with E-state index in [0.29, 0.717) is 6.42 Å². The molecule has 1 rings (SSSR count). The Morgan fingerprint density at radius 2 is 1.47 bits per heavy atom. The van der Waals surface area contributed by atoms with Gasteiger partial charge in [-0.15, -0.1) is 0 Å². The van der Waals surface area contributed by atoms with Crippen molar-refractivity contribution in [3.05, 3.63) is 35.9 Å². The third-order valence-corrected chi connectivity index (χ3v) is 1.50. The van der Waals surface area contributed by atoms with E-state index >= 15 is 0 Å². The molecule has 0 unspecified atom stereocenters. The number of primary amides is 2. The van der Waals surface area contributed by atoms with Crippen LogP contribution in [0.3, 0.4) is 0 Å². The first kappa shape index (κ1) is 14.9. The zero-order chi connectivity index (χ0) is 13.5. The molecule has 94 valence electrons. The lowest BCUT2D eigenvalue weighted by Crippen LogP contribution is -2.30. The van der Waals surface area contributed by atoms with Gasteiger partial charge < -0.3 is 11.5 Å². The molecule has 0 aliphatic carbocycles. The summed E-state index contributed by atoms with van der Waals surface area (Å²) in [4.78, 5) is 19.5.